The van der Waals surface area contributed by atoms with E-state index in [1.54, 1.807) is 0 Å². The number of nitro groups is 1. The molecule has 0 saturated carbocycles. The highest BCUT2D eigenvalue weighted by atomic mass is 16.6. The van der Waals surface area contributed by atoms with E-state index in [1.165, 1.54) is 48.7 Å². The van der Waals surface area contributed by atoms with Crippen molar-refractivity contribution in [1.82, 2.24) is 5.32 Å². The number of nitrogens with zero attached hydrogens (tertiary/aromatic N) is 1. The summed E-state index contributed by atoms with van der Waals surface area (Å²) in [5.74, 6) is -2.09. The fourth-order valence-electron chi connectivity index (χ4n) is 1.60. The first-order chi connectivity index (χ1) is 10.5. The number of hydrogen-bond acceptors (Lipinski definition) is 5. The lowest BCUT2D eigenvalue weighted by molar-refractivity contribution is -0.384. The number of furan rings is 1. The molecular weight excluding hydrogens is 292 g/mol. The van der Waals surface area contributed by atoms with E-state index < -0.39 is 16.8 Å². The van der Waals surface area contributed by atoms with Crippen LogP contribution in [0.5, 0.6) is 0 Å². The average Bonchev–Trinajstić information content (AvgIpc) is 3.01. The summed E-state index contributed by atoms with van der Waals surface area (Å²) in [5, 5.41) is 21.8. The third-order valence-electron chi connectivity index (χ3n) is 2.64. The summed E-state index contributed by atoms with van der Waals surface area (Å²) in [7, 11) is 0. The van der Waals surface area contributed by atoms with Crippen molar-refractivity contribution in [3.63, 3.8) is 0 Å². The molecule has 0 aliphatic rings. The number of nitro benzene ring substituents is 1. The lowest BCUT2D eigenvalue weighted by atomic mass is 10.1. The van der Waals surface area contributed by atoms with E-state index in [0.717, 1.165) is 0 Å². The van der Waals surface area contributed by atoms with Crippen LogP contribution in [0.2, 0.25) is 0 Å². The number of aliphatic carboxylic acids is 1. The van der Waals surface area contributed by atoms with Gasteiger partial charge in [0.15, 0.2) is 5.76 Å². The third-order valence-corrected chi connectivity index (χ3v) is 2.64. The molecule has 8 nitrogen and oxygen atoms in total. The highest BCUT2D eigenvalue weighted by Gasteiger charge is 2.15. The summed E-state index contributed by atoms with van der Waals surface area (Å²) in [5.41, 5.74) is -0.105. The van der Waals surface area contributed by atoms with Crippen molar-refractivity contribution in [3.8, 4) is 0 Å². The molecule has 0 unspecified atom stereocenters. The Morgan fingerprint density at radius 1 is 1.23 bits per heavy atom. The molecule has 112 valence electrons. The number of carboxylic acid groups (broad SMARTS) is 1. The minimum atomic E-state index is -1.35. The molecule has 2 aromatic rings. The van der Waals surface area contributed by atoms with Crippen molar-refractivity contribution < 1.29 is 24.0 Å². The van der Waals surface area contributed by atoms with Gasteiger partial charge >= 0.3 is 5.97 Å². The summed E-state index contributed by atoms with van der Waals surface area (Å²) in [4.78, 5) is 32.9. The van der Waals surface area contributed by atoms with Gasteiger partial charge in [-0.1, -0.05) is 0 Å². The van der Waals surface area contributed by atoms with Crippen LogP contribution in [0, 0.1) is 10.1 Å². The molecule has 1 aromatic carbocycles. The molecule has 0 radical (unpaired) electrons. The molecule has 1 amide bonds. The van der Waals surface area contributed by atoms with Crippen LogP contribution in [0.15, 0.2) is 52.8 Å². The Balaban J connectivity index is 2.21. The van der Waals surface area contributed by atoms with Crippen molar-refractivity contribution in [3.05, 3.63) is 69.8 Å². The second-order valence-electron chi connectivity index (χ2n) is 4.14. The van der Waals surface area contributed by atoms with E-state index in [9.17, 15) is 19.7 Å². The fourth-order valence-corrected chi connectivity index (χ4v) is 1.60. The summed E-state index contributed by atoms with van der Waals surface area (Å²) in [6.07, 6.45) is 2.47. The van der Waals surface area contributed by atoms with Crippen LogP contribution >= 0.6 is 0 Å². The number of hydrogen-bond donors (Lipinski definition) is 2. The van der Waals surface area contributed by atoms with Crippen LogP contribution in [-0.2, 0) is 4.79 Å². The van der Waals surface area contributed by atoms with E-state index in [2.05, 4.69) is 5.32 Å². The number of rotatable bonds is 5. The monoisotopic (exact) mass is 302 g/mol. The van der Waals surface area contributed by atoms with Crippen molar-refractivity contribution in [2.75, 3.05) is 0 Å². The zero-order chi connectivity index (χ0) is 16.1. The minimum Gasteiger partial charge on any atom is -0.477 e. The van der Waals surface area contributed by atoms with E-state index in [-0.39, 0.29) is 17.1 Å². The zero-order valence-corrected chi connectivity index (χ0v) is 11.1. The first kappa shape index (κ1) is 15.0. The molecule has 1 aromatic heterocycles. The highest BCUT2D eigenvalue weighted by Crippen LogP contribution is 2.14. The van der Waals surface area contributed by atoms with Gasteiger partial charge in [0.25, 0.3) is 11.6 Å². The number of carbonyl (C=O) groups is 2. The predicted octanol–water partition coefficient (Wildman–Crippen LogP) is 2.04. The van der Waals surface area contributed by atoms with E-state index in [4.69, 9.17) is 9.52 Å². The Hall–Kier alpha value is -3.42. The molecule has 0 spiro atoms. The molecule has 0 saturated heterocycles. The minimum absolute atomic E-state index is 0.0316. The standard InChI is InChI=1S/C14H10N2O6/c17-13(12-2-1-7-22-12)15-11(14(18)19)8-9-3-5-10(6-4-9)16(20)21/h1-8H,(H,15,17)(H,18,19). The number of carboxylic acids is 1. The summed E-state index contributed by atoms with van der Waals surface area (Å²) >= 11 is 0. The zero-order valence-electron chi connectivity index (χ0n) is 11.1. The molecule has 0 bridgehead atoms. The number of amides is 1. The van der Waals surface area contributed by atoms with Gasteiger partial charge in [-0.2, -0.15) is 0 Å². The smallest absolute Gasteiger partial charge is 0.352 e. The molecule has 2 rings (SSSR count). The quantitative estimate of drug-likeness (QED) is 0.495. The molecule has 1 heterocycles. The number of carbonyl (C=O) groups excluding carboxylic acids is 1. The third kappa shape index (κ3) is 3.57. The van der Waals surface area contributed by atoms with Crippen LogP contribution in [0.25, 0.3) is 6.08 Å². The van der Waals surface area contributed by atoms with Gasteiger partial charge in [0, 0.05) is 12.1 Å². The summed E-state index contributed by atoms with van der Waals surface area (Å²) in [6.45, 7) is 0. The van der Waals surface area contributed by atoms with Gasteiger partial charge in [-0.25, -0.2) is 4.79 Å². The van der Waals surface area contributed by atoms with Gasteiger partial charge in [-0.05, 0) is 35.9 Å². The van der Waals surface area contributed by atoms with Crippen LogP contribution in [-0.4, -0.2) is 21.9 Å². The SMILES string of the molecule is O=C(O)C(=Cc1ccc([N+](=O)[O-])cc1)NC(=O)c1ccco1. The molecular formula is C14H10N2O6. The van der Waals surface area contributed by atoms with Gasteiger partial charge in [0.05, 0.1) is 11.2 Å². The van der Waals surface area contributed by atoms with Gasteiger partial charge < -0.3 is 14.8 Å². The van der Waals surface area contributed by atoms with Crippen molar-refractivity contribution >= 4 is 23.6 Å². The second kappa shape index (κ2) is 6.35. The Kier molecular flexibility index (Phi) is 4.33. The molecule has 0 fully saturated rings. The van der Waals surface area contributed by atoms with Gasteiger partial charge in [-0.15, -0.1) is 0 Å². The van der Waals surface area contributed by atoms with E-state index >= 15 is 0 Å². The lowest BCUT2D eigenvalue weighted by Gasteiger charge is -2.04. The van der Waals surface area contributed by atoms with Crippen molar-refractivity contribution in [2.24, 2.45) is 0 Å². The molecule has 0 aliphatic carbocycles. The van der Waals surface area contributed by atoms with Gasteiger partial charge in [-0.3, -0.25) is 14.9 Å². The Morgan fingerprint density at radius 3 is 2.41 bits per heavy atom. The van der Waals surface area contributed by atoms with Crippen LogP contribution in [0.1, 0.15) is 16.1 Å². The van der Waals surface area contributed by atoms with Crippen LogP contribution in [0.3, 0.4) is 0 Å². The molecule has 0 aliphatic heterocycles. The van der Waals surface area contributed by atoms with Crippen molar-refractivity contribution in [1.29, 1.82) is 0 Å². The Labute approximate surface area is 123 Å². The molecule has 8 heteroatoms. The lowest BCUT2D eigenvalue weighted by Crippen LogP contribution is -2.26. The maximum Gasteiger partial charge on any atom is 0.352 e. The van der Waals surface area contributed by atoms with Crippen molar-refractivity contribution in [2.45, 2.75) is 0 Å². The first-order valence-electron chi connectivity index (χ1n) is 6.01. The Bertz CT molecular complexity index is 731. The topological polar surface area (TPSA) is 123 Å². The number of benzene rings is 1. The van der Waals surface area contributed by atoms with E-state index in [0.29, 0.717) is 5.56 Å². The Morgan fingerprint density at radius 2 is 1.91 bits per heavy atom. The normalized spacial score (nSPS) is 11.0. The number of nitrogens with one attached hydrogen (secondary N) is 1. The van der Waals surface area contributed by atoms with Gasteiger partial charge in [0.2, 0.25) is 0 Å². The summed E-state index contributed by atoms with van der Waals surface area (Å²) < 4.78 is 4.86. The molecule has 2 N–H and O–H groups in total. The predicted molar refractivity (Wildman–Crippen MR) is 74.9 cm³/mol. The first-order valence-corrected chi connectivity index (χ1v) is 6.01. The molecule has 0 atom stereocenters. The molecule has 22 heavy (non-hydrogen) atoms. The van der Waals surface area contributed by atoms with Crippen LogP contribution < -0.4 is 5.32 Å². The second-order valence-corrected chi connectivity index (χ2v) is 4.14. The maximum absolute atomic E-state index is 11.8. The van der Waals surface area contributed by atoms with E-state index in [1.807, 2.05) is 0 Å². The fraction of sp³-hybridized carbons (Fsp3) is 0. The maximum atomic E-state index is 11.8. The van der Waals surface area contributed by atoms with Crippen LogP contribution in [0.4, 0.5) is 5.69 Å². The van der Waals surface area contributed by atoms with Gasteiger partial charge in [0.1, 0.15) is 5.70 Å². The highest BCUT2D eigenvalue weighted by molar-refractivity contribution is 6.01. The summed E-state index contributed by atoms with van der Waals surface area (Å²) in [6, 6.07) is 8.11. The largest absolute Gasteiger partial charge is 0.477 e. The number of non-ortho nitro benzene ring substituents is 1. The average molecular weight is 302 g/mol.